The largest absolute Gasteiger partial charge is 4.00 e. The molecule has 4 aliphatic carbocycles. The van der Waals surface area contributed by atoms with E-state index >= 15 is 0 Å². The first-order chi connectivity index (χ1) is 11.6. The van der Waals surface area contributed by atoms with Gasteiger partial charge in [-0.3, -0.25) is 0 Å². The molecule has 136 valence electrons. The van der Waals surface area contributed by atoms with Crippen LogP contribution in [0.2, 0.25) is 0 Å². The fourth-order valence-corrected chi connectivity index (χ4v) is 4.17. The van der Waals surface area contributed by atoms with Crippen molar-refractivity contribution in [2.45, 2.75) is 40.5 Å². The maximum atomic E-state index is 2.33. The van der Waals surface area contributed by atoms with Crippen molar-refractivity contribution in [2.75, 3.05) is 0 Å². The second-order valence-corrected chi connectivity index (χ2v) is 7.19. The molecular formula is C26H30Zr+2. The van der Waals surface area contributed by atoms with Gasteiger partial charge in [-0.2, -0.15) is 0 Å². The van der Waals surface area contributed by atoms with Gasteiger partial charge in [-0.05, 0) is 78.1 Å². The first-order valence-corrected chi connectivity index (χ1v) is 8.85. The van der Waals surface area contributed by atoms with E-state index in [1.165, 1.54) is 57.8 Å². The van der Waals surface area contributed by atoms with E-state index in [2.05, 4.69) is 77.7 Å². The van der Waals surface area contributed by atoms with Gasteiger partial charge >= 0.3 is 26.2 Å². The van der Waals surface area contributed by atoms with Crippen molar-refractivity contribution < 1.29 is 26.2 Å². The summed E-state index contributed by atoms with van der Waals surface area (Å²) in [4.78, 5) is 0. The van der Waals surface area contributed by atoms with E-state index in [0.717, 1.165) is 12.8 Å². The van der Waals surface area contributed by atoms with Crippen LogP contribution >= 0.6 is 0 Å². The summed E-state index contributed by atoms with van der Waals surface area (Å²) in [5, 5.41) is 0. The summed E-state index contributed by atoms with van der Waals surface area (Å²) < 4.78 is 0. The Bertz CT molecular complexity index is 577. The van der Waals surface area contributed by atoms with Gasteiger partial charge in [0.15, 0.2) is 0 Å². The molecule has 0 unspecified atom stereocenters. The number of hydrogen-bond acceptors (Lipinski definition) is 0. The average Bonchev–Trinajstić information content (AvgIpc) is 3.18. The number of fused-ring (bicyclic) bond motifs is 2. The van der Waals surface area contributed by atoms with Crippen LogP contribution in [0.4, 0.5) is 0 Å². The van der Waals surface area contributed by atoms with Gasteiger partial charge in [0.2, 0.25) is 0 Å². The molecule has 4 rings (SSSR count). The molecular weight excluding hydrogens is 404 g/mol. The second-order valence-electron chi connectivity index (χ2n) is 7.19. The van der Waals surface area contributed by atoms with Crippen molar-refractivity contribution >= 4 is 0 Å². The normalized spacial score (nSPS) is 24.6. The summed E-state index contributed by atoms with van der Waals surface area (Å²) in [7, 11) is 0. The zero-order chi connectivity index (χ0) is 16.8. The average molecular weight is 434 g/mol. The summed E-state index contributed by atoms with van der Waals surface area (Å²) in [5.74, 6) is 8.77. The zero-order valence-corrected chi connectivity index (χ0v) is 20.0. The predicted octanol–water partition coefficient (Wildman–Crippen LogP) is 6.77. The third-order valence-electron chi connectivity index (χ3n) is 5.55. The molecule has 2 saturated carbocycles. The molecule has 27 heavy (non-hydrogen) atoms. The summed E-state index contributed by atoms with van der Waals surface area (Å²) in [6.45, 7) is 8.89. The molecule has 0 heterocycles. The van der Waals surface area contributed by atoms with Crippen molar-refractivity contribution in [3.05, 3.63) is 123 Å². The fourth-order valence-electron chi connectivity index (χ4n) is 4.17. The van der Waals surface area contributed by atoms with E-state index in [4.69, 9.17) is 0 Å². The molecule has 0 atom stereocenters. The van der Waals surface area contributed by atoms with Gasteiger partial charge in [-0.1, -0.05) is 46.6 Å². The van der Waals surface area contributed by atoms with Gasteiger partial charge in [-0.25, -0.2) is 0 Å². The van der Waals surface area contributed by atoms with Gasteiger partial charge in [0, 0.05) is 23.7 Å². The molecule has 0 spiro atoms. The first-order valence-electron chi connectivity index (χ1n) is 8.85. The predicted molar refractivity (Wildman–Crippen MR) is 114 cm³/mol. The Kier molecular flexibility index (Phi) is 9.26. The Labute approximate surface area is 188 Å². The Morgan fingerprint density at radius 2 is 0.852 bits per heavy atom. The summed E-state index contributed by atoms with van der Waals surface area (Å²) in [5.41, 5.74) is 5.56. The molecule has 10 radical (unpaired) electrons. The van der Waals surface area contributed by atoms with Gasteiger partial charge in [0.1, 0.15) is 0 Å². The van der Waals surface area contributed by atoms with Gasteiger partial charge in [-0.15, -0.1) is 0 Å². The summed E-state index contributed by atoms with van der Waals surface area (Å²) in [6.07, 6.45) is 20.5. The van der Waals surface area contributed by atoms with E-state index in [-0.39, 0.29) is 41.1 Å². The smallest absolute Gasteiger partial charge is 0.358 e. The number of rotatable bonds is 3. The Balaban J connectivity index is 0.00000121. The third kappa shape index (κ3) is 4.55. The molecule has 0 bridgehead atoms. The van der Waals surface area contributed by atoms with Gasteiger partial charge < -0.3 is 14.9 Å². The maximum Gasteiger partial charge on any atom is 4.00 e. The third-order valence-corrected chi connectivity index (χ3v) is 5.55. The first kappa shape index (κ1) is 24.9. The zero-order valence-electron chi connectivity index (χ0n) is 17.5. The summed E-state index contributed by atoms with van der Waals surface area (Å²) in [6, 6.07) is 0. The molecule has 4 aliphatic rings. The Hall–Kier alpha value is -0.157. The van der Waals surface area contributed by atoms with E-state index < -0.39 is 0 Å². The maximum absolute atomic E-state index is 2.33. The summed E-state index contributed by atoms with van der Waals surface area (Å²) >= 11 is 0. The molecule has 1 heteroatoms. The SMILES string of the molecule is CC1=CC=C(C)[C]2[C](CC[C]3[CH][CH][C]4[C]3C(C)=CC=C4C)[CH][CH][C]21.[CH3-].[CH3-].[Zr+4]. The molecule has 0 aliphatic heterocycles. The minimum Gasteiger partial charge on any atom is -0.358 e. The second kappa shape index (κ2) is 10.0. The minimum absolute atomic E-state index is 0. The fraction of sp³-hybridized carbons (Fsp3) is 0.231. The Morgan fingerprint density at radius 1 is 0.519 bits per heavy atom. The molecule has 0 N–H and O–H groups in total. The topological polar surface area (TPSA) is 0 Å². The van der Waals surface area contributed by atoms with Crippen LogP contribution in [0.25, 0.3) is 0 Å². The van der Waals surface area contributed by atoms with E-state index in [0.29, 0.717) is 0 Å². The van der Waals surface area contributed by atoms with Gasteiger partial charge in [0.05, 0.1) is 0 Å². The van der Waals surface area contributed by atoms with Gasteiger partial charge in [0.25, 0.3) is 0 Å². The Morgan fingerprint density at radius 3 is 1.22 bits per heavy atom. The monoisotopic (exact) mass is 432 g/mol. The van der Waals surface area contributed by atoms with Crippen LogP contribution in [0.3, 0.4) is 0 Å². The van der Waals surface area contributed by atoms with Crippen LogP contribution in [0, 0.1) is 76.0 Å². The van der Waals surface area contributed by atoms with Crippen LogP contribution in [0.15, 0.2) is 46.6 Å². The molecule has 2 fully saturated rings. The van der Waals surface area contributed by atoms with E-state index in [1.54, 1.807) is 0 Å². The van der Waals surface area contributed by atoms with Crippen LogP contribution in [-0.4, -0.2) is 0 Å². The molecule has 0 amide bonds. The van der Waals surface area contributed by atoms with Crippen LogP contribution < -0.4 is 0 Å². The van der Waals surface area contributed by atoms with E-state index in [1.807, 2.05) is 0 Å². The molecule has 0 aromatic carbocycles. The molecule has 0 aromatic heterocycles. The quantitative estimate of drug-likeness (QED) is 0.431. The molecule has 0 saturated heterocycles. The van der Waals surface area contributed by atoms with Crippen molar-refractivity contribution in [1.82, 2.24) is 0 Å². The number of allylic oxidation sites excluding steroid dienone is 8. The van der Waals surface area contributed by atoms with Crippen molar-refractivity contribution in [3.8, 4) is 0 Å². The standard InChI is InChI=1S/C24H24.2CH3.Zr/c1-15-5-7-17(3)23-19(11-13-21(15)23)9-10-20-12-14-22-16(2)6-8-18(4)24(20)22;;;/h5-8,11-14H,9-10H2,1-4H3;2*1H3;/q;2*-1;+4. The van der Waals surface area contributed by atoms with Crippen LogP contribution in [0.1, 0.15) is 40.5 Å². The van der Waals surface area contributed by atoms with Crippen molar-refractivity contribution in [2.24, 2.45) is 0 Å². The number of hydrogen-bond donors (Lipinski definition) is 0. The van der Waals surface area contributed by atoms with Crippen molar-refractivity contribution in [3.63, 3.8) is 0 Å². The van der Waals surface area contributed by atoms with Crippen molar-refractivity contribution in [1.29, 1.82) is 0 Å². The van der Waals surface area contributed by atoms with E-state index in [9.17, 15) is 0 Å². The molecule has 0 nitrogen and oxygen atoms in total. The van der Waals surface area contributed by atoms with Crippen LogP contribution in [0.5, 0.6) is 0 Å². The molecule has 0 aromatic rings. The van der Waals surface area contributed by atoms with Crippen LogP contribution in [-0.2, 0) is 26.2 Å². The minimum atomic E-state index is 0.